The molecule has 33 heavy (non-hydrogen) atoms. The topological polar surface area (TPSA) is 95.2 Å². The van der Waals surface area contributed by atoms with Gasteiger partial charge in [-0.05, 0) is 52.1 Å². The maximum absolute atomic E-state index is 10.0. The Kier molecular flexibility index (Phi) is 5.82. The van der Waals surface area contributed by atoms with Gasteiger partial charge in [-0.3, -0.25) is 4.98 Å². The van der Waals surface area contributed by atoms with Crippen LogP contribution >= 0.6 is 0 Å². The minimum Gasteiger partial charge on any atom is -0.392 e. The molecule has 172 valence electrons. The first-order valence-electron chi connectivity index (χ1n) is 11.4. The fourth-order valence-corrected chi connectivity index (χ4v) is 4.62. The zero-order chi connectivity index (χ0) is 22.9. The van der Waals surface area contributed by atoms with Gasteiger partial charge in [0.1, 0.15) is 11.5 Å². The van der Waals surface area contributed by atoms with E-state index in [0.717, 1.165) is 53.6 Å². The minimum atomic E-state index is -0.507. The van der Waals surface area contributed by atoms with Gasteiger partial charge in [-0.2, -0.15) is 4.98 Å². The van der Waals surface area contributed by atoms with Gasteiger partial charge in [-0.1, -0.05) is 0 Å². The van der Waals surface area contributed by atoms with Crippen LogP contribution in [0.5, 0.6) is 0 Å². The first-order valence-corrected chi connectivity index (χ1v) is 11.4. The summed E-state index contributed by atoms with van der Waals surface area (Å²) in [6, 6.07) is 6.67. The molecule has 9 heteroatoms. The third-order valence-electron chi connectivity index (χ3n) is 6.40. The smallest absolute Gasteiger partial charge is 0.230 e. The molecular weight excluding hydrogens is 416 g/mol. The van der Waals surface area contributed by atoms with Gasteiger partial charge in [0.15, 0.2) is 0 Å². The summed E-state index contributed by atoms with van der Waals surface area (Å²) >= 11 is 0. The maximum Gasteiger partial charge on any atom is 0.230 e. The second-order valence-electron chi connectivity index (χ2n) is 8.99. The number of anilines is 3. The number of piperidine rings is 1. The molecule has 2 N–H and O–H groups in total. The molecule has 5 heterocycles. The number of aliphatic hydroxyl groups is 1. The molecule has 9 nitrogen and oxygen atoms in total. The number of nitrogens with one attached hydrogen (secondary N) is 1. The van der Waals surface area contributed by atoms with Crippen molar-refractivity contribution in [3.05, 3.63) is 43.0 Å². The van der Waals surface area contributed by atoms with Crippen LogP contribution in [0.15, 0.2) is 43.0 Å². The average Bonchev–Trinajstić information content (AvgIpc) is 3.12. The second-order valence-corrected chi connectivity index (χ2v) is 8.99. The highest BCUT2D eigenvalue weighted by molar-refractivity contribution is 6.06. The zero-order valence-corrected chi connectivity index (χ0v) is 19.3. The summed E-state index contributed by atoms with van der Waals surface area (Å²) in [4.78, 5) is 22.8. The summed E-state index contributed by atoms with van der Waals surface area (Å²) in [5.41, 5.74) is 2.83. The summed E-state index contributed by atoms with van der Waals surface area (Å²) < 4.78 is 1.99. The quantitative estimate of drug-likeness (QED) is 0.467. The third-order valence-corrected chi connectivity index (χ3v) is 6.40. The van der Waals surface area contributed by atoms with E-state index in [0.29, 0.717) is 24.4 Å². The fraction of sp³-hybridized carbons (Fsp3) is 0.417. The number of aromatic nitrogens is 5. The fourth-order valence-electron chi connectivity index (χ4n) is 4.62. The Balaban J connectivity index is 1.36. The zero-order valence-electron chi connectivity index (χ0n) is 19.3. The van der Waals surface area contributed by atoms with Gasteiger partial charge in [0.2, 0.25) is 5.95 Å². The number of fused-ring (bicyclic) bond motifs is 3. The average molecular weight is 447 g/mol. The van der Waals surface area contributed by atoms with Crippen LogP contribution < -0.4 is 10.2 Å². The molecule has 5 rings (SSSR count). The summed E-state index contributed by atoms with van der Waals surface area (Å²) in [5, 5.41) is 15.2. The molecule has 0 unspecified atom stereocenters. The van der Waals surface area contributed by atoms with Crippen molar-refractivity contribution in [3.63, 3.8) is 0 Å². The van der Waals surface area contributed by atoms with Crippen molar-refractivity contribution in [1.82, 2.24) is 29.4 Å². The van der Waals surface area contributed by atoms with Crippen LogP contribution in [0.4, 0.5) is 17.5 Å². The van der Waals surface area contributed by atoms with Gasteiger partial charge in [0, 0.05) is 42.3 Å². The van der Waals surface area contributed by atoms with Crippen LogP contribution in [0, 0.1) is 0 Å². The van der Waals surface area contributed by atoms with Crippen LogP contribution in [-0.4, -0.2) is 73.8 Å². The molecule has 1 atom stereocenters. The van der Waals surface area contributed by atoms with E-state index in [-0.39, 0.29) is 0 Å². The molecule has 1 fully saturated rings. The first-order chi connectivity index (χ1) is 16.0. The van der Waals surface area contributed by atoms with Gasteiger partial charge in [0.05, 0.1) is 36.2 Å². The predicted molar refractivity (Wildman–Crippen MR) is 131 cm³/mol. The van der Waals surface area contributed by atoms with E-state index in [1.54, 1.807) is 19.3 Å². The lowest BCUT2D eigenvalue weighted by Crippen LogP contribution is -2.42. The lowest BCUT2D eigenvalue weighted by molar-refractivity contribution is 0.176. The van der Waals surface area contributed by atoms with Crippen molar-refractivity contribution in [2.75, 3.05) is 37.4 Å². The summed E-state index contributed by atoms with van der Waals surface area (Å²) in [7, 11) is 4.31. The Morgan fingerprint density at radius 2 is 1.91 bits per heavy atom. The van der Waals surface area contributed by atoms with E-state index in [2.05, 4.69) is 50.2 Å². The monoisotopic (exact) mass is 446 g/mol. The molecule has 0 aromatic carbocycles. The number of hydrogen-bond donors (Lipinski definition) is 2. The molecule has 1 saturated heterocycles. The Morgan fingerprint density at radius 3 is 2.61 bits per heavy atom. The Labute approximate surface area is 193 Å². The minimum absolute atomic E-state index is 0.430. The van der Waals surface area contributed by atoms with Gasteiger partial charge in [-0.25, -0.2) is 9.97 Å². The molecular formula is C24H30N8O. The Bertz CT molecular complexity index is 1240. The molecule has 0 aliphatic carbocycles. The number of rotatable bonds is 6. The SMILES string of the molecule is C[C@@H](O)Cn1c2cnccc2c2cnc(Nc3ccc(N4CCC(N(C)C)CC4)cn3)nc21. The highest BCUT2D eigenvalue weighted by atomic mass is 16.3. The highest BCUT2D eigenvalue weighted by Crippen LogP contribution is 2.28. The van der Waals surface area contributed by atoms with Gasteiger partial charge >= 0.3 is 0 Å². The van der Waals surface area contributed by atoms with E-state index >= 15 is 0 Å². The van der Waals surface area contributed by atoms with Gasteiger partial charge < -0.3 is 24.8 Å². The molecule has 4 aromatic heterocycles. The lowest BCUT2D eigenvalue weighted by atomic mass is 10.0. The molecule has 1 aliphatic rings. The van der Waals surface area contributed by atoms with Crippen LogP contribution in [0.1, 0.15) is 19.8 Å². The van der Waals surface area contributed by atoms with Crippen LogP contribution in [0.2, 0.25) is 0 Å². The van der Waals surface area contributed by atoms with E-state index in [9.17, 15) is 5.11 Å². The van der Waals surface area contributed by atoms with E-state index in [1.165, 1.54) is 0 Å². The molecule has 4 aromatic rings. The number of aliphatic hydroxyl groups excluding tert-OH is 1. The number of hydrogen-bond acceptors (Lipinski definition) is 8. The molecule has 0 spiro atoms. The van der Waals surface area contributed by atoms with Crippen molar-refractivity contribution in [1.29, 1.82) is 0 Å². The Morgan fingerprint density at radius 1 is 1.09 bits per heavy atom. The largest absolute Gasteiger partial charge is 0.392 e. The Hall–Kier alpha value is -3.30. The van der Waals surface area contributed by atoms with Gasteiger partial charge in [-0.15, -0.1) is 0 Å². The molecule has 0 amide bonds. The number of nitrogens with zero attached hydrogens (tertiary/aromatic N) is 7. The summed E-state index contributed by atoms with van der Waals surface area (Å²) in [6.45, 7) is 4.28. The van der Waals surface area contributed by atoms with Crippen molar-refractivity contribution >= 4 is 39.4 Å². The van der Waals surface area contributed by atoms with Gasteiger partial charge in [0.25, 0.3) is 0 Å². The lowest BCUT2D eigenvalue weighted by Gasteiger charge is -2.36. The van der Waals surface area contributed by atoms with E-state index in [4.69, 9.17) is 4.98 Å². The van der Waals surface area contributed by atoms with Crippen LogP contribution in [-0.2, 0) is 6.54 Å². The van der Waals surface area contributed by atoms with E-state index < -0.39 is 6.10 Å². The standard InChI is InChI=1S/C24H30N8O/c1-16(33)15-32-21-14-25-9-6-19(21)20-13-27-24(29-23(20)32)28-22-5-4-18(12-26-22)31-10-7-17(8-11-31)30(2)3/h4-6,9,12-14,16-17,33H,7-8,10-11,15H2,1-3H3,(H,26,27,28,29)/t16-/m1/s1. The molecule has 0 saturated carbocycles. The van der Waals surface area contributed by atoms with E-state index in [1.807, 2.05) is 29.1 Å². The molecule has 0 radical (unpaired) electrons. The second kappa shape index (κ2) is 8.92. The van der Waals surface area contributed by atoms with Crippen LogP contribution in [0.3, 0.4) is 0 Å². The van der Waals surface area contributed by atoms with Crippen molar-refractivity contribution in [2.24, 2.45) is 0 Å². The summed E-state index contributed by atoms with van der Waals surface area (Å²) in [6.07, 6.45) is 9.10. The normalized spacial score (nSPS) is 16.1. The molecule has 0 bridgehead atoms. The predicted octanol–water partition coefficient (Wildman–Crippen LogP) is 3.03. The van der Waals surface area contributed by atoms with Crippen molar-refractivity contribution in [2.45, 2.75) is 38.5 Å². The number of pyridine rings is 2. The maximum atomic E-state index is 10.0. The molecule has 1 aliphatic heterocycles. The summed E-state index contributed by atoms with van der Waals surface area (Å²) in [5.74, 6) is 1.17. The first kappa shape index (κ1) is 21.5. The van der Waals surface area contributed by atoms with Crippen molar-refractivity contribution < 1.29 is 5.11 Å². The highest BCUT2D eigenvalue weighted by Gasteiger charge is 2.21. The third kappa shape index (κ3) is 4.34. The van der Waals surface area contributed by atoms with Crippen molar-refractivity contribution in [3.8, 4) is 0 Å². The van der Waals surface area contributed by atoms with Crippen LogP contribution in [0.25, 0.3) is 21.9 Å².